The summed E-state index contributed by atoms with van der Waals surface area (Å²) >= 11 is 0. The van der Waals surface area contributed by atoms with E-state index in [1.807, 2.05) is 13.8 Å². The fourth-order valence-electron chi connectivity index (χ4n) is 1.92. The molecule has 0 spiro atoms. The van der Waals surface area contributed by atoms with Gasteiger partial charge in [0.25, 0.3) is 0 Å². The lowest BCUT2D eigenvalue weighted by atomic mass is 9.90. The lowest BCUT2D eigenvalue weighted by Gasteiger charge is -2.18. The SMILES string of the molecule is CC.CCCCCC.NCC1CCCCC1. The van der Waals surface area contributed by atoms with Crippen molar-refractivity contribution in [3.05, 3.63) is 0 Å². The van der Waals surface area contributed by atoms with E-state index < -0.39 is 0 Å². The highest BCUT2D eigenvalue weighted by atomic mass is 14.5. The third-order valence-electron chi connectivity index (χ3n) is 3.02. The van der Waals surface area contributed by atoms with Crippen LogP contribution in [0.3, 0.4) is 0 Å². The molecule has 0 aromatic carbocycles. The van der Waals surface area contributed by atoms with Crippen molar-refractivity contribution in [1.29, 1.82) is 0 Å². The smallest absolute Gasteiger partial charge is 0.00489 e. The Hall–Kier alpha value is -0.0400. The van der Waals surface area contributed by atoms with Gasteiger partial charge in [0.15, 0.2) is 0 Å². The maximum absolute atomic E-state index is 5.50. The van der Waals surface area contributed by atoms with E-state index in [-0.39, 0.29) is 0 Å². The first-order valence-electron chi connectivity index (χ1n) is 7.55. The molecule has 1 aliphatic rings. The predicted molar refractivity (Wildman–Crippen MR) is 76.8 cm³/mol. The molecule has 16 heavy (non-hydrogen) atoms. The molecule has 0 aliphatic heterocycles. The zero-order valence-corrected chi connectivity index (χ0v) is 12.2. The molecule has 1 rings (SSSR count). The van der Waals surface area contributed by atoms with Gasteiger partial charge < -0.3 is 5.73 Å². The lowest BCUT2D eigenvalue weighted by molar-refractivity contribution is 0.366. The van der Waals surface area contributed by atoms with Gasteiger partial charge in [0.1, 0.15) is 0 Å². The summed E-state index contributed by atoms with van der Waals surface area (Å²) in [6.45, 7) is 9.38. The first kappa shape index (κ1) is 18.3. The number of nitrogens with two attached hydrogens (primary N) is 1. The highest BCUT2D eigenvalue weighted by Gasteiger charge is 2.09. The van der Waals surface area contributed by atoms with Crippen LogP contribution >= 0.6 is 0 Å². The van der Waals surface area contributed by atoms with E-state index in [1.165, 1.54) is 57.8 Å². The van der Waals surface area contributed by atoms with Gasteiger partial charge in [0, 0.05) is 0 Å². The van der Waals surface area contributed by atoms with Crippen LogP contribution in [0.4, 0.5) is 0 Å². The molecule has 0 aromatic heterocycles. The van der Waals surface area contributed by atoms with Crippen LogP contribution in [0.25, 0.3) is 0 Å². The zero-order valence-electron chi connectivity index (χ0n) is 12.2. The van der Waals surface area contributed by atoms with Crippen molar-refractivity contribution in [1.82, 2.24) is 0 Å². The van der Waals surface area contributed by atoms with Gasteiger partial charge in [-0.1, -0.05) is 72.6 Å². The molecule has 0 bridgehead atoms. The molecule has 0 unspecified atom stereocenters. The van der Waals surface area contributed by atoms with Crippen molar-refractivity contribution in [2.24, 2.45) is 11.7 Å². The number of rotatable bonds is 4. The van der Waals surface area contributed by atoms with E-state index in [0.717, 1.165) is 12.5 Å². The normalized spacial score (nSPS) is 15.6. The minimum Gasteiger partial charge on any atom is -0.330 e. The summed E-state index contributed by atoms with van der Waals surface area (Å²) in [5.41, 5.74) is 5.50. The standard InChI is InChI=1S/C7H15N.C6H14.C2H6/c8-6-7-4-2-1-3-5-7;1-3-5-6-4-2;1-2/h7H,1-6,8H2;3-6H2,1-2H3;1-2H3. The Bertz CT molecular complexity index is 91.6. The number of hydrogen-bond donors (Lipinski definition) is 1. The van der Waals surface area contributed by atoms with Crippen molar-refractivity contribution in [2.45, 2.75) is 85.5 Å². The van der Waals surface area contributed by atoms with Crippen LogP contribution in [0.15, 0.2) is 0 Å². The number of hydrogen-bond acceptors (Lipinski definition) is 1. The first-order valence-corrected chi connectivity index (χ1v) is 7.55. The molecule has 0 atom stereocenters. The minimum absolute atomic E-state index is 0.865. The molecule has 100 valence electrons. The number of unbranched alkanes of at least 4 members (excludes halogenated alkanes) is 3. The van der Waals surface area contributed by atoms with Crippen LogP contribution in [0.1, 0.15) is 85.5 Å². The fourth-order valence-corrected chi connectivity index (χ4v) is 1.92. The van der Waals surface area contributed by atoms with Gasteiger partial charge in [-0.15, -0.1) is 0 Å². The molecular formula is C15H35N. The first-order chi connectivity index (χ1) is 7.85. The fraction of sp³-hybridized carbons (Fsp3) is 1.00. The second-order valence-electron chi connectivity index (χ2n) is 4.45. The van der Waals surface area contributed by atoms with Crippen molar-refractivity contribution in [3.8, 4) is 0 Å². The van der Waals surface area contributed by atoms with Crippen LogP contribution < -0.4 is 5.73 Å². The monoisotopic (exact) mass is 229 g/mol. The summed E-state index contributed by atoms with van der Waals surface area (Å²) in [5, 5.41) is 0. The van der Waals surface area contributed by atoms with Gasteiger partial charge in [0.05, 0.1) is 0 Å². The maximum Gasteiger partial charge on any atom is -0.00489 e. The van der Waals surface area contributed by atoms with E-state index in [4.69, 9.17) is 5.73 Å². The topological polar surface area (TPSA) is 26.0 Å². The molecule has 1 aliphatic carbocycles. The van der Waals surface area contributed by atoms with E-state index in [0.29, 0.717) is 0 Å². The average molecular weight is 229 g/mol. The third-order valence-corrected chi connectivity index (χ3v) is 3.02. The van der Waals surface area contributed by atoms with Crippen molar-refractivity contribution >= 4 is 0 Å². The van der Waals surface area contributed by atoms with E-state index in [9.17, 15) is 0 Å². The quantitative estimate of drug-likeness (QED) is 0.664. The Kier molecular flexibility index (Phi) is 19.9. The predicted octanol–water partition coefficient (Wildman–Crippen LogP) is 5.14. The molecule has 1 heteroatoms. The molecule has 2 N–H and O–H groups in total. The maximum atomic E-state index is 5.50. The Morgan fingerprint density at radius 1 is 0.875 bits per heavy atom. The molecule has 1 fully saturated rings. The highest BCUT2D eigenvalue weighted by molar-refractivity contribution is 4.65. The highest BCUT2D eigenvalue weighted by Crippen LogP contribution is 2.21. The summed E-state index contributed by atoms with van der Waals surface area (Å²) in [6, 6.07) is 0. The minimum atomic E-state index is 0.865. The van der Waals surface area contributed by atoms with Gasteiger partial charge in [-0.25, -0.2) is 0 Å². The van der Waals surface area contributed by atoms with Crippen molar-refractivity contribution in [2.75, 3.05) is 6.54 Å². The summed E-state index contributed by atoms with van der Waals surface area (Å²) in [5.74, 6) is 0.865. The third kappa shape index (κ3) is 14.0. The Labute approximate surface area is 104 Å². The van der Waals surface area contributed by atoms with Crippen molar-refractivity contribution in [3.63, 3.8) is 0 Å². The van der Waals surface area contributed by atoms with E-state index in [1.54, 1.807) is 0 Å². The Morgan fingerprint density at radius 3 is 1.56 bits per heavy atom. The van der Waals surface area contributed by atoms with Crippen LogP contribution in [-0.4, -0.2) is 6.54 Å². The summed E-state index contributed by atoms with van der Waals surface area (Å²) in [7, 11) is 0. The second kappa shape index (κ2) is 17.4. The van der Waals surface area contributed by atoms with Gasteiger partial charge in [-0.05, 0) is 25.3 Å². The van der Waals surface area contributed by atoms with Gasteiger partial charge in [-0.3, -0.25) is 0 Å². The van der Waals surface area contributed by atoms with E-state index >= 15 is 0 Å². The lowest BCUT2D eigenvalue weighted by Crippen LogP contribution is -2.16. The molecule has 0 aromatic rings. The van der Waals surface area contributed by atoms with Crippen LogP contribution in [0, 0.1) is 5.92 Å². The summed E-state index contributed by atoms with van der Waals surface area (Å²) < 4.78 is 0. The van der Waals surface area contributed by atoms with Gasteiger partial charge >= 0.3 is 0 Å². The zero-order chi connectivity index (χ0) is 12.6. The van der Waals surface area contributed by atoms with Crippen LogP contribution in [-0.2, 0) is 0 Å². The second-order valence-corrected chi connectivity index (χ2v) is 4.45. The molecule has 0 saturated heterocycles. The van der Waals surface area contributed by atoms with Crippen LogP contribution in [0.2, 0.25) is 0 Å². The van der Waals surface area contributed by atoms with Crippen LogP contribution in [0.5, 0.6) is 0 Å². The molecule has 0 radical (unpaired) electrons. The molecule has 1 nitrogen and oxygen atoms in total. The molecule has 0 amide bonds. The Balaban J connectivity index is 0. The largest absolute Gasteiger partial charge is 0.330 e. The molecule has 1 saturated carbocycles. The van der Waals surface area contributed by atoms with Gasteiger partial charge in [-0.2, -0.15) is 0 Å². The molecule has 0 heterocycles. The van der Waals surface area contributed by atoms with E-state index in [2.05, 4.69) is 13.8 Å². The summed E-state index contributed by atoms with van der Waals surface area (Å²) in [6.07, 6.45) is 12.6. The van der Waals surface area contributed by atoms with Crippen molar-refractivity contribution < 1.29 is 0 Å². The van der Waals surface area contributed by atoms with Gasteiger partial charge in [0.2, 0.25) is 0 Å². The average Bonchev–Trinajstić information content (AvgIpc) is 2.40. The Morgan fingerprint density at radius 2 is 1.31 bits per heavy atom. The summed E-state index contributed by atoms with van der Waals surface area (Å²) in [4.78, 5) is 0. The molecular weight excluding hydrogens is 194 g/mol.